The first-order chi connectivity index (χ1) is 7.86. The SMILES string of the molecule is O=C(C1CCC1)C1NCCc2ccccc21. The van der Waals surface area contributed by atoms with Gasteiger partial charge in [-0.05, 0) is 30.4 Å². The zero-order valence-electron chi connectivity index (χ0n) is 9.41. The number of hydrogen-bond donors (Lipinski definition) is 1. The van der Waals surface area contributed by atoms with E-state index in [1.807, 2.05) is 6.07 Å². The molecule has 1 aliphatic carbocycles. The molecule has 0 radical (unpaired) electrons. The highest BCUT2D eigenvalue weighted by Gasteiger charge is 2.33. The van der Waals surface area contributed by atoms with Crippen LogP contribution in [0.25, 0.3) is 0 Å². The monoisotopic (exact) mass is 215 g/mol. The van der Waals surface area contributed by atoms with Gasteiger partial charge in [0.2, 0.25) is 0 Å². The number of carbonyl (C=O) groups is 1. The van der Waals surface area contributed by atoms with Gasteiger partial charge in [0, 0.05) is 12.5 Å². The molecule has 2 nitrogen and oxygen atoms in total. The molecule has 3 rings (SSSR count). The number of ketones is 1. The smallest absolute Gasteiger partial charge is 0.157 e. The third kappa shape index (κ3) is 1.57. The van der Waals surface area contributed by atoms with Crippen molar-refractivity contribution >= 4 is 5.78 Å². The maximum Gasteiger partial charge on any atom is 0.157 e. The van der Waals surface area contributed by atoms with Gasteiger partial charge in [-0.2, -0.15) is 0 Å². The zero-order valence-corrected chi connectivity index (χ0v) is 9.41. The van der Waals surface area contributed by atoms with Crippen molar-refractivity contribution in [3.05, 3.63) is 35.4 Å². The van der Waals surface area contributed by atoms with Crippen LogP contribution in [0.2, 0.25) is 0 Å². The van der Waals surface area contributed by atoms with Crippen LogP contribution < -0.4 is 5.32 Å². The van der Waals surface area contributed by atoms with Gasteiger partial charge in [-0.15, -0.1) is 0 Å². The topological polar surface area (TPSA) is 29.1 Å². The van der Waals surface area contributed by atoms with Crippen LogP contribution in [0.3, 0.4) is 0 Å². The van der Waals surface area contributed by atoms with Gasteiger partial charge in [-0.1, -0.05) is 30.7 Å². The van der Waals surface area contributed by atoms with Gasteiger partial charge in [-0.25, -0.2) is 0 Å². The molecule has 1 aliphatic heterocycles. The third-order valence-corrected chi connectivity index (χ3v) is 3.90. The second-order valence-electron chi connectivity index (χ2n) is 4.87. The first-order valence-corrected chi connectivity index (χ1v) is 6.21. The molecule has 0 bridgehead atoms. The molecular weight excluding hydrogens is 198 g/mol. The Balaban J connectivity index is 1.89. The molecule has 2 aliphatic rings. The minimum absolute atomic E-state index is 0.0322. The van der Waals surface area contributed by atoms with Crippen molar-refractivity contribution < 1.29 is 4.79 Å². The maximum absolute atomic E-state index is 12.3. The van der Waals surface area contributed by atoms with Crippen LogP contribution in [-0.4, -0.2) is 12.3 Å². The summed E-state index contributed by atoms with van der Waals surface area (Å²) in [5.41, 5.74) is 2.56. The van der Waals surface area contributed by atoms with Gasteiger partial charge >= 0.3 is 0 Å². The highest BCUT2D eigenvalue weighted by Crippen LogP contribution is 2.34. The Morgan fingerprint density at radius 1 is 1.25 bits per heavy atom. The summed E-state index contributed by atoms with van der Waals surface area (Å²) < 4.78 is 0. The number of benzene rings is 1. The number of hydrogen-bond acceptors (Lipinski definition) is 2. The molecular formula is C14H17NO. The quantitative estimate of drug-likeness (QED) is 0.819. The molecule has 0 spiro atoms. The lowest BCUT2D eigenvalue weighted by atomic mass is 9.77. The van der Waals surface area contributed by atoms with Crippen molar-refractivity contribution in [2.75, 3.05) is 6.54 Å². The molecule has 1 unspecified atom stereocenters. The molecule has 84 valence electrons. The fourth-order valence-electron chi connectivity index (χ4n) is 2.69. The molecule has 2 heteroatoms. The van der Waals surface area contributed by atoms with Crippen LogP contribution in [0.1, 0.15) is 36.4 Å². The number of fused-ring (bicyclic) bond motifs is 1. The molecule has 1 N–H and O–H groups in total. The Morgan fingerprint density at radius 2 is 2.06 bits per heavy atom. The van der Waals surface area contributed by atoms with Crippen LogP contribution in [0, 0.1) is 5.92 Å². The van der Waals surface area contributed by atoms with Gasteiger partial charge < -0.3 is 5.32 Å². The largest absolute Gasteiger partial charge is 0.303 e. The fourth-order valence-corrected chi connectivity index (χ4v) is 2.69. The Hall–Kier alpha value is -1.15. The van der Waals surface area contributed by atoms with E-state index in [9.17, 15) is 4.79 Å². The summed E-state index contributed by atoms with van der Waals surface area (Å²) in [6.07, 6.45) is 4.47. The van der Waals surface area contributed by atoms with Crippen LogP contribution in [0.4, 0.5) is 0 Å². The molecule has 16 heavy (non-hydrogen) atoms. The molecule has 1 heterocycles. The van der Waals surface area contributed by atoms with Crippen LogP contribution >= 0.6 is 0 Å². The summed E-state index contributed by atoms with van der Waals surface area (Å²) in [6.45, 7) is 0.931. The van der Waals surface area contributed by atoms with Crippen LogP contribution in [0.15, 0.2) is 24.3 Å². The fraction of sp³-hybridized carbons (Fsp3) is 0.500. The van der Waals surface area contributed by atoms with Crippen LogP contribution in [0.5, 0.6) is 0 Å². The summed E-state index contributed by atoms with van der Waals surface area (Å²) in [6, 6.07) is 8.32. The minimum atomic E-state index is -0.0322. The molecule has 1 aromatic rings. The van der Waals surface area contributed by atoms with E-state index < -0.39 is 0 Å². The Labute approximate surface area is 96.1 Å². The summed E-state index contributed by atoms with van der Waals surface area (Å²) in [7, 11) is 0. The van der Waals surface area contributed by atoms with Gasteiger partial charge in [0.15, 0.2) is 5.78 Å². The Morgan fingerprint density at radius 3 is 2.81 bits per heavy atom. The zero-order chi connectivity index (χ0) is 11.0. The van der Waals surface area contributed by atoms with E-state index in [2.05, 4.69) is 23.5 Å². The van der Waals surface area contributed by atoms with E-state index in [1.165, 1.54) is 17.5 Å². The average molecular weight is 215 g/mol. The van der Waals surface area contributed by atoms with Crippen molar-refractivity contribution in [1.29, 1.82) is 0 Å². The molecule has 1 fully saturated rings. The van der Waals surface area contributed by atoms with E-state index in [0.29, 0.717) is 11.7 Å². The van der Waals surface area contributed by atoms with E-state index in [0.717, 1.165) is 25.8 Å². The molecule has 0 amide bonds. The molecule has 0 aromatic heterocycles. The van der Waals surface area contributed by atoms with Gasteiger partial charge in [-0.3, -0.25) is 4.79 Å². The standard InChI is InChI=1S/C14H17NO/c16-14(11-5-3-6-11)13-12-7-2-1-4-10(12)8-9-15-13/h1-2,4,7,11,13,15H,3,5-6,8-9H2. The van der Waals surface area contributed by atoms with Gasteiger partial charge in [0.25, 0.3) is 0 Å². The molecule has 0 saturated heterocycles. The second-order valence-corrected chi connectivity index (χ2v) is 4.87. The average Bonchev–Trinajstić information content (AvgIpc) is 2.26. The van der Waals surface area contributed by atoms with Crippen molar-refractivity contribution in [2.45, 2.75) is 31.7 Å². The predicted molar refractivity (Wildman–Crippen MR) is 63.2 cm³/mol. The lowest BCUT2D eigenvalue weighted by Gasteiger charge is -2.32. The lowest BCUT2D eigenvalue weighted by molar-refractivity contribution is -0.127. The summed E-state index contributed by atoms with van der Waals surface area (Å²) in [5, 5.41) is 3.37. The minimum Gasteiger partial charge on any atom is -0.303 e. The van der Waals surface area contributed by atoms with Crippen LogP contribution in [-0.2, 0) is 11.2 Å². The highest BCUT2D eigenvalue weighted by atomic mass is 16.1. The number of Topliss-reactive ketones (excluding diaryl/α,β-unsaturated/α-hetero) is 1. The number of carbonyl (C=O) groups excluding carboxylic acids is 1. The summed E-state index contributed by atoms with van der Waals surface area (Å²) in [5.74, 6) is 0.738. The van der Waals surface area contributed by atoms with Crippen molar-refractivity contribution in [3.63, 3.8) is 0 Å². The number of rotatable bonds is 2. The number of nitrogens with one attached hydrogen (secondary N) is 1. The van der Waals surface area contributed by atoms with E-state index in [-0.39, 0.29) is 6.04 Å². The van der Waals surface area contributed by atoms with E-state index in [1.54, 1.807) is 0 Å². The lowest BCUT2D eigenvalue weighted by Crippen LogP contribution is -2.39. The van der Waals surface area contributed by atoms with E-state index in [4.69, 9.17) is 0 Å². The van der Waals surface area contributed by atoms with E-state index >= 15 is 0 Å². The molecule has 1 saturated carbocycles. The maximum atomic E-state index is 12.3. The third-order valence-electron chi connectivity index (χ3n) is 3.90. The van der Waals surface area contributed by atoms with Crippen molar-refractivity contribution in [3.8, 4) is 0 Å². The highest BCUT2D eigenvalue weighted by molar-refractivity contribution is 5.88. The first-order valence-electron chi connectivity index (χ1n) is 6.21. The molecule has 1 aromatic carbocycles. The summed E-state index contributed by atoms with van der Waals surface area (Å²) >= 11 is 0. The predicted octanol–water partition coefficient (Wildman–Crippen LogP) is 2.24. The normalized spacial score (nSPS) is 24.6. The van der Waals surface area contributed by atoms with Crippen molar-refractivity contribution in [2.24, 2.45) is 5.92 Å². The van der Waals surface area contributed by atoms with Gasteiger partial charge in [0.05, 0.1) is 6.04 Å². The van der Waals surface area contributed by atoms with Crippen molar-refractivity contribution in [1.82, 2.24) is 5.32 Å². The molecule has 1 atom stereocenters. The Kier molecular flexibility index (Phi) is 2.52. The van der Waals surface area contributed by atoms with Gasteiger partial charge in [0.1, 0.15) is 0 Å². The summed E-state index contributed by atoms with van der Waals surface area (Å²) in [4.78, 5) is 12.3. The Bertz CT molecular complexity index is 409. The second kappa shape index (κ2) is 4.02. The first kappa shape index (κ1) is 10.0.